The number of rotatable bonds is 9. The van der Waals surface area contributed by atoms with Crippen LogP contribution in [0.1, 0.15) is 23.2 Å². The third kappa shape index (κ3) is 5.60. The third-order valence-corrected chi connectivity index (χ3v) is 8.16. The van der Waals surface area contributed by atoms with Crippen molar-refractivity contribution >= 4 is 42.4 Å². The van der Waals surface area contributed by atoms with E-state index in [1.54, 1.807) is 43.6 Å². The van der Waals surface area contributed by atoms with Crippen molar-refractivity contribution in [3.8, 4) is 5.75 Å². The molecule has 9 heteroatoms. The third-order valence-electron chi connectivity index (χ3n) is 5.35. The molecule has 34 heavy (non-hydrogen) atoms. The average molecular weight is 496 g/mol. The predicted molar refractivity (Wildman–Crippen MR) is 135 cm³/mol. The van der Waals surface area contributed by atoms with Crippen LogP contribution >= 0.6 is 11.3 Å². The van der Waals surface area contributed by atoms with Gasteiger partial charge in [0.1, 0.15) is 11.3 Å². The zero-order valence-corrected chi connectivity index (χ0v) is 20.6. The number of methoxy groups -OCH3 is 1. The molecule has 0 saturated carbocycles. The van der Waals surface area contributed by atoms with E-state index in [1.807, 2.05) is 37.3 Å². The van der Waals surface area contributed by atoms with Gasteiger partial charge in [-0.15, -0.1) is 0 Å². The Hall–Kier alpha value is -3.30. The van der Waals surface area contributed by atoms with Gasteiger partial charge in [0, 0.05) is 12.6 Å². The van der Waals surface area contributed by atoms with E-state index in [1.165, 1.54) is 16.2 Å². The van der Waals surface area contributed by atoms with E-state index in [2.05, 4.69) is 4.98 Å². The Morgan fingerprint density at radius 3 is 2.53 bits per heavy atom. The van der Waals surface area contributed by atoms with Crippen LogP contribution in [0.5, 0.6) is 5.75 Å². The van der Waals surface area contributed by atoms with Gasteiger partial charge in [-0.25, -0.2) is 13.4 Å². The van der Waals surface area contributed by atoms with Crippen molar-refractivity contribution < 1.29 is 17.9 Å². The lowest BCUT2D eigenvalue weighted by atomic mass is 10.2. The minimum absolute atomic E-state index is 0.0983. The Balaban J connectivity index is 1.60. The summed E-state index contributed by atoms with van der Waals surface area (Å²) in [5.41, 5.74) is 3.09. The molecule has 0 atom stereocenters. The molecule has 2 aromatic heterocycles. The molecular formula is C25H25N3O4S2. The maximum Gasteiger partial charge on any atom is 0.230 e. The number of hydrogen-bond donors (Lipinski definition) is 0. The molecule has 0 N–H and O–H groups in total. The lowest BCUT2D eigenvalue weighted by Crippen LogP contribution is -2.32. The van der Waals surface area contributed by atoms with Crippen molar-refractivity contribution in [3.05, 3.63) is 83.7 Å². The molecule has 0 aliphatic rings. The van der Waals surface area contributed by atoms with Crippen molar-refractivity contribution in [1.82, 2.24) is 9.97 Å². The predicted octanol–water partition coefficient (Wildman–Crippen LogP) is 4.55. The fourth-order valence-corrected chi connectivity index (χ4v) is 5.97. The Labute approximate surface area is 203 Å². The number of aromatic nitrogens is 2. The fourth-order valence-electron chi connectivity index (χ4n) is 3.57. The van der Waals surface area contributed by atoms with Crippen molar-refractivity contribution in [2.75, 3.05) is 17.8 Å². The first kappa shape index (κ1) is 23.8. The van der Waals surface area contributed by atoms with Gasteiger partial charge in [0.2, 0.25) is 5.91 Å². The highest BCUT2D eigenvalue weighted by atomic mass is 32.2. The lowest BCUT2D eigenvalue weighted by Gasteiger charge is -2.19. The van der Waals surface area contributed by atoms with Crippen LogP contribution in [-0.2, 0) is 26.9 Å². The molecule has 4 aromatic rings. The minimum atomic E-state index is -3.46. The Bertz CT molecular complexity index is 1390. The zero-order chi connectivity index (χ0) is 24.1. The number of thiazole rings is 1. The summed E-state index contributed by atoms with van der Waals surface area (Å²) in [7, 11) is -1.88. The van der Waals surface area contributed by atoms with Crippen LogP contribution in [0.15, 0.2) is 66.9 Å². The van der Waals surface area contributed by atoms with Crippen molar-refractivity contribution in [2.24, 2.45) is 0 Å². The number of fused-ring (bicyclic) bond motifs is 1. The molecule has 0 aliphatic heterocycles. The van der Waals surface area contributed by atoms with Gasteiger partial charge in [-0.1, -0.05) is 53.8 Å². The molecule has 2 heterocycles. The van der Waals surface area contributed by atoms with Crippen LogP contribution in [0, 0.1) is 6.92 Å². The quantitative estimate of drug-likeness (QED) is 0.339. The first-order chi connectivity index (χ1) is 16.4. The molecule has 1 amide bonds. The van der Waals surface area contributed by atoms with E-state index in [4.69, 9.17) is 9.72 Å². The molecule has 176 valence electrons. The topological polar surface area (TPSA) is 89.5 Å². The molecule has 0 unspecified atom stereocenters. The fraction of sp³-hybridized carbons (Fsp3) is 0.240. The van der Waals surface area contributed by atoms with Gasteiger partial charge in [0.15, 0.2) is 15.0 Å². The van der Waals surface area contributed by atoms with Crippen LogP contribution in [0.2, 0.25) is 0 Å². The number of benzene rings is 2. The zero-order valence-electron chi connectivity index (χ0n) is 19.0. The second kappa shape index (κ2) is 10.3. The van der Waals surface area contributed by atoms with Crippen molar-refractivity contribution in [1.29, 1.82) is 0 Å². The number of ether oxygens (including phenoxy) is 1. The van der Waals surface area contributed by atoms with Gasteiger partial charge >= 0.3 is 0 Å². The second-order valence-corrected chi connectivity index (χ2v) is 11.0. The van der Waals surface area contributed by atoms with Gasteiger partial charge < -0.3 is 4.74 Å². The molecule has 0 bridgehead atoms. The molecule has 0 aliphatic carbocycles. The van der Waals surface area contributed by atoms with E-state index in [-0.39, 0.29) is 30.4 Å². The Morgan fingerprint density at radius 1 is 1.06 bits per heavy atom. The van der Waals surface area contributed by atoms with Crippen LogP contribution in [0.25, 0.3) is 10.2 Å². The second-order valence-electron chi connectivity index (χ2n) is 7.89. The van der Waals surface area contributed by atoms with Crippen LogP contribution in [0.3, 0.4) is 0 Å². The first-order valence-corrected chi connectivity index (χ1v) is 13.4. The number of pyridine rings is 1. The highest BCUT2D eigenvalue weighted by Gasteiger charge is 2.24. The normalized spacial score (nSPS) is 11.5. The Kier molecular flexibility index (Phi) is 7.23. The van der Waals surface area contributed by atoms with Crippen LogP contribution < -0.4 is 9.64 Å². The van der Waals surface area contributed by atoms with E-state index >= 15 is 0 Å². The van der Waals surface area contributed by atoms with Crippen LogP contribution in [0.4, 0.5) is 5.13 Å². The number of nitrogens with zero attached hydrogens (tertiary/aromatic N) is 3. The summed E-state index contributed by atoms with van der Waals surface area (Å²) in [6.07, 6.45) is 1.52. The molecule has 2 aromatic carbocycles. The number of sulfone groups is 1. The number of anilines is 1. The van der Waals surface area contributed by atoms with Gasteiger partial charge in [0.05, 0.1) is 35.6 Å². The van der Waals surface area contributed by atoms with Gasteiger partial charge in [0.25, 0.3) is 0 Å². The van der Waals surface area contributed by atoms with E-state index in [0.717, 1.165) is 10.3 Å². The first-order valence-electron chi connectivity index (χ1n) is 10.7. The number of aryl methyl sites for hydroxylation is 1. The monoisotopic (exact) mass is 495 g/mol. The van der Waals surface area contributed by atoms with E-state index in [0.29, 0.717) is 27.7 Å². The molecule has 4 rings (SSSR count). The average Bonchev–Trinajstić information content (AvgIpc) is 3.28. The summed E-state index contributed by atoms with van der Waals surface area (Å²) in [5.74, 6) is -0.0391. The van der Waals surface area contributed by atoms with Gasteiger partial charge in [-0.3, -0.25) is 14.7 Å². The summed E-state index contributed by atoms with van der Waals surface area (Å²) >= 11 is 1.38. The van der Waals surface area contributed by atoms with Gasteiger partial charge in [-0.05, 0) is 36.2 Å². The smallest absolute Gasteiger partial charge is 0.230 e. The summed E-state index contributed by atoms with van der Waals surface area (Å²) in [4.78, 5) is 23.9. The molecule has 7 nitrogen and oxygen atoms in total. The molecule has 0 spiro atoms. The van der Waals surface area contributed by atoms with Crippen molar-refractivity contribution in [2.45, 2.75) is 25.6 Å². The molecule has 0 fully saturated rings. The highest BCUT2D eigenvalue weighted by molar-refractivity contribution is 7.90. The molecular weight excluding hydrogens is 470 g/mol. The maximum absolute atomic E-state index is 13.3. The summed E-state index contributed by atoms with van der Waals surface area (Å²) in [6, 6.07) is 18.2. The van der Waals surface area contributed by atoms with Gasteiger partial charge in [-0.2, -0.15) is 0 Å². The maximum atomic E-state index is 13.3. The molecule has 0 saturated heterocycles. The lowest BCUT2D eigenvalue weighted by molar-refractivity contribution is -0.118. The summed E-state index contributed by atoms with van der Waals surface area (Å²) in [6.45, 7) is 2.17. The van der Waals surface area contributed by atoms with Crippen LogP contribution in [-0.4, -0.2) is 37.2 Å². The summed E-state index contributed by atoms with van der Waals surface area (Å²) in [5, 5.41) is 0.485. The SMILES string of the molecule is COc1ccc(C)c2sc(N(Cc3ccccn3)C(=O)CCS(=O)(=O)Cc3ccccc3)nc12. The summed E-state index contributed by atoms with van der Waals surface area (Å²) < 4.78 is 31.7. The highest BCUT2D eigenvalue weighted by Crippen LogP contribution is 2.37. The largest absolute Gasteiger partial charge is 0.494 e. The number of amides is 1. The minimum Gasteiger partial charge on any atom is -0.494 e. The number of carbonyl (C=O) groups excluding carboxylic acids is 1. The molecule has 0 radical (unpaired) electrons. The Morgan fingerprint density at radius 2 is 1.82 bits per heavy atom. The number of hydrogen-bond acceptors (Lipinski definition) is 7. The van der Waals surface area contributed by atoms with E-state index < -0.39 is 9.84 Å². The standard InChI is InChI=1S/C25H25N3O4S2/c1-18-11-12-21(32-2)23-24(18)33-25(27-23)28(16-20-10-6-7-14-26-20)22(29)13-15-34(30,31)17-19-8-4-3-5-9-19/h3-12,14H,13,15-17H2,1-2H3. The van der Waals surface area contributed by atoms with Crippen molar-refractivity contribution in [3.63, 3.8) is 0 Å². The number of carbonyl (C=O) groups is 1. The van der Waals surface area contributed by atoms with E-state index in [9.17, 15) is 13.2 Å².